The van der Waals surface area contributed by atoms with Gasteiger partial charge in [0.25, 0.3) is 0 Å². The van der Waals surface area contributed by atoms with Crippen LogP contribution in [-0.4, -0.2) is 5.11 Å². The van der Waals surface area contributed by atoms with Crippen molar-refractivity contribution in [1.29, 1.82) is 0 Å². The third-order valence-corrected chi connectivity index (χ3v) is 2.25. The first-order chi connectivity index (χ1) is 5.11. The Morgan fingerprint density at radius 2 is 2.09 bits per heavy atom. The Bertz CT molecular complexity index is 333. The van der Waals surface area contributed by atoms with Gasteiger partial charge in [0.05, 0.1) is 0 Å². The van der Waals surface area contributed by atoms with Crippen LogP contribution in [0, 0.1) is 6.92 Å². The molecule has 0 aromatic heterocycles. The Balaban J connectivity index is 3.54. The zero-order valence-electron chi connectivity index (χ0n) is 5.97. The van der Waals surface area contributed by atoms with E-state index in [0.29, 0.717) is 0 Å². The van der Waals surface area contributed by atoms with Gasteiger partial charge in [0, 0.05) is 4.47 Å². The Labute approximate surface area is 72.6 Å². The van der Waals surface area contributed by atoms with E-state index in [-0.39, 0.29) is 11.2 Å². The maximum atomic E-state index is 10.9. The van der Waals surface area contributed by atoms with E-state index >= 15 is 0 Å². The first-order valence-corrected chi connectivity index (χ1v) is 3.90. The molecule has 1 N–H and O–H groups in total. The van der Waals surface area contributed by atoms with Crippen molar-refractivity contribution in [2.75, 3.05) is 0 Å². The fourth-order valence-electron chi connectivity index (χ4n) is 0.705. The van der Waals surface area contributed by atoms with E-state index in [9.17, 15) is 4.79 Å². The smallest absolute Gasteiger partial charge is 0.220 e. The van der Waals surface area contributed by atoms with Crippen LogP contribution in [0.4, 0.5) is 0 Å². The highest BCUT2D eigenvalue weighted by atomic mass is 79.9. The number of aromatic hydroxyl groups is 1. The standard InChI is InChI=1S/C8H7BrO2/c1-5-4-8(11)7(10)3-2-6(5)9/h2-4H,1H3,(H,10,11). The molecule has 0 aliphatic carbocycles. The Morgan fingerprint density at radius 1 is 1.45 bits per heavy atom. The summed E-state index contributed by atoms with van der Waals surface area (Å²) in [4.78, 5) is 10.9. The predicted molar refractivity (Wildman–Crippen MR) is 46.8 cm³/mol. The molecule has 1 rings (SSSR count). The van der Waals surface area contributed by atoms with Gasteiger partial charge < -0.3 is 5.11 Å². The topological polar surface area (TPSA) is 37.3 Å². The van der Waals surface area contributed by atoms with E-state index < -0.39 is 0 Å². The summed E-state index contributed by atoms with van der Waals surface area (Å²) in [5.41, 5.74) is 0.462. The molecule has 0 amide bonds. The van der Waals surface area contributed by atoms with Gasteiger partial charge in [-0.05, 0) is 30.7 Å². The summed E-state index contributed by atoms with van der Waals surface area (Å²) in [6.45, 7) is 1.80. The quantitative estimate of drug-likeness (QED) is 0.716. The normalized spacial score (nSPS) is 9.64. The van der Waals surface area contributed by atoms with Gasteiger partial charge >= 0.3 is 0 Å². The zero-order valence-corrected chi connectivity index (χ0v) is 7.55. The van der Waals surface area contributed by atoms with E-state index in [2.05, 4.69) is 15.9 Å². The lowest BCUT2D eigenvalue weighted by molar-refractivity contribution is 0.471. The molecule has 58 valence electrons. The number of halogens is 1. The first-order valence-electron chi connectivity index (χ1n) is 3.10. The molecule has 3 heteroatoms. The van der Waals surface area contributed by atoms with Gasteiger partial charge in [-0.3, -0.25) is 4.79 Å². The van der Waals surface area contributed by atoms with Crippen molar-refractivity contribution in [3.63, 3.8) is 0 Å². The van der Waals surface area contributed by atoms with Crippen LogP contribution in [0.15, 0.2) is 27.5 Å². The minimum Gasteiger partial charge on any atom is -0.504 e. The molecule has 0 aliphatic rings. The lowest BCUT2D eigenvalue weighted by Crippen LogP contribution is -1.93. The second-order valence-electron chi connectivity index (χ2n) is 2.26. The molecule has 0 aliphatic heterocycles. The lowest BCUT2D eigenvalue weighted by Gasteiger charge is -1.84. The number of aryl methyl sites for hydroxylation is 1. The molecular weight excluding hydrogens is 208 g/mol. The van der Waals surface area contributed by atoms with Gasteiger partial charge in [-0.1, -0.05) is 15.9 Å². The monoisotopic (exact) mass is 214 g/mol. The van der Waals surface area contributed by atoms with Crippen LogP contribution < -0.4 is 5.43 Å². The van der Waals surface area contributed by atoms with Crippen LogP contribution in [0.25, 0.3) is 0 Å². The minimum absolute atomic E-state index is 0.223. The van der Waals surface area contributed by atoms with Gasteiger partial charge in [0.15, 0.2) is 5.75 Å². The van der Waals surface area contributed by atoms with Crippen LogP contribution >= 0.6 is 15.9 Å². The summed E-state index contributed by atoms with van der Waals surface area (Å²) >= 11 is 3.24. The summed E-state index contributed by atoms with van der Waals surface area (Å²) in [5.74, 6) is -0.223. The Kier molecular flexibility index (Phi) is 2.29. The molecule has 0 fully saturated rings. The molecule has 1 aromatic carbocycles. The molecule has 0 unspecified atom stereocenters. The Hall–Kier alpha value is -0.830. The maximum Gasteiger partial charge on any atom is 0.220 e. The van der Waals surface area contributed by atoms with Crippen LogP contribution in [-0.2, 0) is 0 Å². The van der Waals surface area contributed by atoms with E-state index in [1.165, 1.54) is 12.1 Å². The summed E-state index contributed by atoms with van der Waals surface area (Å²) in [7, 11) is 0. The van der Waals surface area contributed by atoms with E-state index in [1.807, 2.05) is 0 Å². The SMILES string of the molecule is Cc1cc(=O)c(O)ccc1Br. The summed E-state index contributed by atoms with van der Waals surface area (Å²) < 4.78 is 0.815. The van der Waals surface area contributed by atoms with Crippen molar-refractivity contribution in [2.24, 2.45) is 0 Å². The van der Waals surface area contributed by atoms with Crippen molar-refractivity contribution < 1.29 is 5.11 Å². The molecule has 11 heavy (non-hydrogen) atoms. The molecule has 0 spiro atoms. The fourth-order valence-corrected chi connectivity index (χ4v) is 0.952. The summed E-state index contributed by atoms with van der Waals surface area (Å²) in [5, 5.41) is 8.99. The third-order valence-electron chi connectivity index (χ3n) is 1.36. The second-order valence-corrected chi connectivity index (χ2v) is 3.11. The highest BCUT2D eigenvalue weighted by Crippen LogP contribution is 2.13. The third kappa shape index (κ3) is 1.80. The summed E-state index contributed by atoms with van der Waals surface area (Å²) in [6, 6.07) is 4.41. The van der Waals surface area contributed by atoms with Gasteiger partial charge in [0.2, 0.25) is 5.43 Å². The van der Waals surface area contributed by atoms with Gasteiger partial charge in [0.1, 0.15) is 0 Å². The molecular formula is C8H7BrO2. The predicted octanol–water partition coefficient (Wildman–Crippen LogP) is 1.82. The molecule has 0 bridgehead atoms. The minimum atomic E-state index is -0.354. The second kappa shape index (κ2) is 3.05. The number of hydrogen-bond acceptors (Lipinski definition) is 2. The van der Waals surface area contributed by atoms with Gasteiger partial charge in [-0.2, -0.15) is 0 Å². The van der Waals surface area contributed by atoms with E-state index in [0.717, 1.165) is 10.0 Å². The zero-order chi connectivity index (χ0) is 8.43. The average molecular weight is 215 g/mol. The van der Waals surface area contributed by atoms with Crippen molar-refractivity contribution in [3.8, 4) is 5.75 Å². The molecule has 0 saturated carbocycles. The van der Waals surface area contributed by atoms with Crippen molar-refractivity contribution in [1.82, 2.24) is 0 Å². The largest absolute Gasteiger partial charge is 0.504 e. The summed E-state index contributed by atoms with van der Waals surface area (Å²) in [6.07, 6.45) is 0. The molecule has 0 saturated heterocycles. The molecule has 0 atom stereocenters. The van der Waals surface area contributed by atoms with Crippen molar-refractivity contribution in [2.45, 2.75) is 6.92 Å². The highest BCUT2D eigenvalue weighted by Gasteiger charge is 1.95. The number of hydrogen-bond donors (Lipinski definition) is 1. The van der Waals surface area contributed by atoms with Crippen molar-refractivity contribution in [3.05, 3.63) is 38.5 Å². The number of rotatable bonds is 0. The lowest BCUT2D eigenvalue weighted by atomic mass is 10.3. The molecule has 0 heterocycles. The molecule has 2 nitrogen and oxygen atoms in total. The van der Waals surface area contributed by atoms with Gasteiger partial charge in [-0.15, -0.1) is 0 Å². The van der Waals surface area contributed by atoms with E-state index in [1.54, 1.807) is 13.0 Å². The maximum absolute atomic E-state index is 10.9. The van der Waals surface area contributed by atoms with Crippen molar-refractivity contribution >= 4 is 15.9 Å². The van der Waals surface area contributed by atoms with Gasteiger partial charge in [-0.25, -0.2) is 0 Å². The van der Waals surface area contributed by atoms with E-state index in [4.69, 9.17) is 5.11 Å². The average Bonchev–Trinajstić information content (AvgIpc) is 2.05. The molecule has 1 aromatic rings. The van der Waals surface area contributed by atoms with Crippen LogP contribution in [0.3, 0.4) is 0 Å². The molecule has 0 radical (unpaired) electrons. The Morgan fingerprint density at radius 3 is 2.73 bits per heavy atom. The van der Waals surface area contributed by atoms with Crippen LogP contribution in [0.2, 0.25) is 0 Å². The highest BCUT2D eigenvalue weighted by molar-refractivity contribution is 9.10. The first kappa shape index (κ1) is 8.27. The van der Waals surface area contributed by atoms with Crippen LogP contribution in [0.1, 0.15) is 5.56 Å². The fraction of sp³-hybridized carbons (Fsp3) is 0.125. The van der Waals surface area contributed by atoms with Crippen LogP contribution in [0.5, 0.6) is 5.75 Å².